The molecule has 0 aliphatic rings. The summed E-state index contributed by atoms with van der Waals surface area (Å²) in [5.74, 6) is 0.813. The lowest BCUT2D eigenvalue weighted by Crippen LogP contribution is -2.06. The second-order valence-corrected chi connectivity index (χ2v) is 3.96. The zero-order valence-corrected chi connectivity index (χ0v) is 10.2. The highest BCUT2D eigenvalue weighted by atomic mass is 16.5. The van der Waals surface area contributed by atoms with E-state index in [2.05, 4.69) is 0 Å². The number of nitrogen functional groups attached to an aromatic ring is 1. The zero-order chi connectivity index (χ0) is 12.6. The van der Waals surface area contributed by atoms with E-state index in [0.29, 0.717) is 19.8 Å². The summed E-state index contributed by atoms with van der Waals surface area (Å²) in [6, 6.07) is 17.4. The quantitative estimate of drug-likeness (QED) is 0.626. The Bertz CT molecular complexity index is 454. The largest absolute Gasteiger partial charge is 0.491 e. The normalized spacial score (nSPS) is 10.2. The third kappa shape index (κ3) is 4.11. The molecular weight excluding hydrogens is 226 g/mol. The summed E-state index contributed by atoms with van der Waals surface area (Å²) in [4.78, 5) is 0. The summed E-state index contributed by atoms with van der Waals surface area (Å²) in [6.45, 7) is 1.72. The highest BCUT2D eigenvalue weighted by Crippen LogP contribution is 2.12. The van der Waals surface area contributed by atoms with Crippen LogP contribution in [0.5, 0.6) is 5.75 Å². The van der Waals surface area contributed by atoms with Gasteiger partial charge >= 0.3 is 0 Å². The fraction of sp³-hybridized carbons (Fsp3) is 0.200. The molecule has 94 valence electrons. The molecule has 0 bridgehead atoms. The molecule has 2 N–H and O–H groups in total. The first-order chi connectivity index (χ1) is 8.84. The molecule has 0 saturated heterocycles. The monoisotopic (exact) mass is 243 g/mol. The van der Waals surface area contributed by atoms with Gasteiger partial charge in [-0.05, 0) is 29.8 Å². The van der Waals surface area contributed by atoms with Crippen LogP contribution in [0.4, 0.5) is 5.69 Å². The Labute approximate surface area is 107 Å². The van der Waals surface area contributed by atoms with Crippen LogP contribution in [0.15, 0.2) is 54.6 Å². The van der Waals surface area contributed by atoms with Crippen LogP contribution in [0, 0.1) is 0 Å². The van der Waals surface area contributed by atoms with Gasteiger partial charge < -0.3 is 15.2 Å². The molecule has 2 aromatic carbocycles. The van der Waals surface area contributed by atoms with E-state index in [-0.39, 0.29) is 0 Å². The summed E-state index contributed by atoms with van der Waals surface area (Å²) < 4.78 is 11.0. The predicted molar refractivity (Wildman–Crippen MR) is 72.4 cm³/mol. The number of benzene rings is 2. The molecule has 0 radical (unpaired) electrons. The molecule has 0 aliphatic carbocycles. The molecule has 0 aliphatic heterocycles. The Morgan fingerprint density at radius 2 is 1.56 bits per heavy atom. The lowest BCUT2D eigenvalue weighted by Gasteiger charge is -2.07. The minimum absolute atomic E-state index is 0.538. The second-order valence-electron chi connectivity index (χ2n) is 3.96. The van der Waals surface area contributed by atoms with Crippen molar-refractivity contribution >= 4 is 5.69 Å². The van der Waals surface area contributed by atoms with Gasteiger partial charge in [-0.15, -0.1) is 0 Å². The third-order valence-corrected chi connectivity index (χ3v) is 2.49. The summed E-state index contributed by atoms with van der Waals surface area (Å²) in [6.07, 6.45) is 0. The highest BCUT2D eigenvalue weighted by Gasteiger charge is 1.94. The van der Waals surface area contributed by atoms with Crippen molar-refractivity contribution in [2.45, 2.75) is 6.61 Å². The predicted octanol–water partition coefficient (Wildman–Crippen LogP) is 2.86. The van der Waals surface area contributed by atoms with Crippen LogP contribution in [0.25, 0.3) is 0 Å². The molecule has 3 heteroatoms. The molecule has 18 heavy (non-hydrogen) atoms. The molecule has 0 heterocycles. The van der Waals surface area contributed by atoms with Crippen molar-refractivity contribution in [1.82, 2.24) is 0 Å². The van der Waals surface area contributed by atoms with E-state index in [4.69, 9.17) is 15.2 Å². The van der Waals surface area contributed by atoms with Gasteiger partial charge in [0.15, 0.2) is 0 Å². The molecule has 0 atom stereocenters. The van der Waals surface area contributed by atoms with E-state index in [1.807, 2.05) is 54.6 Å². The third-order valence-electron chi connectivity index (χ3n) is 2.49. The second kappa shape index (κ2) is 6.67. The average molecular weight is 243 g/mol. The summed E-state index contributed by atoms with van der Waals surface area (Å²) in [5, 5.41) is 0. The van der Waals surface area contributed by atoms with Crippen molar-refractivity contribution in [2.75, 3.05) is 18.9 Å². The minimum atomic E-state index is 0.538. The lowest BCUT2D eigenvalue weighted by atomic mass is 10.2. The molecular formula is C15H17NO2. The number of ether oxygens (including phenoxy) is 2. The molecule has 3 nitrogen and oxygen atoms in total. The van der Waals surface area contributed by atoms with Crippen LogP contribution < -0.4 is 10.5 Å². The standard InChI is InChI=1S/C15H17NO2/c16-14-6-8-15(9-7-14)18-11-10-17-12-13-4-2-1-3-5-13/h1-9H,10-12,16H2. The van der Waals surface area contributed by atoms with Crippen molar-refractivity contribution in [2.24, 2.45) is 0 Å². The maximum atomic E-state index is 5.59. The van der Waals surface area contributed by atoms with Gasteiger partial charge in [0, 0.05) is 5.69 Å². The van der Waals surface area contributed by atoms with Gasteiger partial charge in [-0.25, -0.2) is 0 Å². The molecule has 0 saturated carbocycles. The van der Waals surface area contributed by atoms with Crippen molar-refractivity contribution in [3.8, 4) is 5.75 Å². The van der Waals surface area contributed by atoms with Gasteiger partial charge in [-0.1, -0.05) is 30.3 Å². The average Bonchev–Trinajstić information content (AvgIpc) is 2.42. The molecule has 0 unspecified atom stereocenters. The molecule has 2 aromatic rings. The van der Waals surface area contributed by atoms with Gasteiger partial charge in [0.25, 0.3) is 0 Å². The molecule has 2 rings (SSSR count). The number of nitrogens with two attached hydrogens (primary N) is 1. The van der Waals surface area contributed by atoms with E-state index in [1.165, 1.54) is 5.56 Å². The Morgan fingerprint density at radius 3 is 2.28 bits per heavy atom. The van der Waals surface area contributed by atoms with Crippen LogP contribution in [-0.2, 0) is 11.3 Å². The van der Waals surface area contributed by atoms with Crippen molar-refractivity contribution < 1.29 is 9.47 Å². The number of anilines is 1. The van der Waals surface area contributed by atoms with Crippen LogP contribution in [-0.4, -0.2) is 13.2 Å². The summed E-state index contributed by atoms with van der Waals surface area (Å²) in [5.41, 5.74) is 7.50. The van der Waals surface area contributed by atoms with Gasteiger partial charge in [0.05, 0.1) is 13.2 Å². The minimum Gasteiger partial charge on any atom is -0.491 e. The highest BCUT2D eigenvalue weighted by molar-refractivity contribution is 5.41. The zero-order valence-electron chi connectivity index (χ0n) is 10.2. The van der Waals surface area contributed by atoms with Gasteiger partial charge in [-0.3, -0.25) is 0 Å². The van der Waals surface area contributed by atoms with E-state index < -0.39 is 0 Å². The van der Waals surface area contributed by atoms with Crippen molar-refractivity contribution in [3.63, 3.8) is 0 Å². The maximum Gasteiger partial charge on any atom is 0.119 e. The number of hydrogen-bond donors (Lipinski definition) is 1. The summed E-state index contributed by atoms with van der Waals surface area (Å²) in [7, 11) is 0. The van der Waals surface area contributed by atoms with Gasteiger partial charge in [0.2, 0.25) is 0 Å². The van der Waals surface area contributed by atoms with E-state index in [0.717, 1.165) is 11.4 Å². The summed E-state index contributed by atoms with van der Waals surface area (Å²) >= 11 is 0. The first-order valence-electron chi connectivity index (χ1n) is 5.94. The van der Waals surface area contributed by atoms with E-state index >= 15 is 0 Å². The first kappa shape index (κ1) is 12.5. The maximum absolute atomic E-state index is 5.59. The Hall–Kier alpha value is -2.00. The number of rotatable bonds is 6. The Balaban J connectivity index is 1.63. The fourth-order valence-electron chi connectivity index (χ4n) is 1.55. The van der Waals surface area contributed by atoms with Crippen LogP contribution >= 0.6 is 0 Å². The fourth-order valence-corrected chi connectivity index (χ4v) is 1.55. The Kier molecular flexibility index (Phi) is 4.61. The number of hydrogen-bond acceptors (Lipinski definition) is 3. The van der Waals surface area contributed by atoms with E-state index in [1.54, 1.807) is 0 Å². The Morgan fingerprint density at radius 1 is 0.833 bits per heavy atom. The van der Waals surface area contributed by atoms with Crippen molar-refractivity contribution in [1.29, 1.82) is 0 Å². The topological polar surface area (TPSA) is 44.5 Å². The van der Waals surface area contributed by atoms with Crippen LogP contribution in [0.3, 0.4) is 0 Å². The molecule has 0 fully saturated rings. The molecule has 0 spiro atoms. The van der Waals surface area contributed by atoms with Crippen LogP contribution in [0.2, 0.25) is 0 Å². The first-order valence-corrected chi connectivity index (χ1v) is 5.94. The SMILES string of the molecule is Nc1ccc(OCCOCc2ccccc2)cc1. The smallest absolute Gasteiger partial charge is 0.119 e. The van der Waals surface area contributed by atoms with Crippen molar-refractivity contribution in [3.05, 3.63) is 60.2 Å². The van der Waals surface area contributed by atoms with Crippen LogP contribution in [0.1, 0.15) is 5.56 Å². The van der Waals surface area contributed by atoms with Gasteiger partial charge in [-0.2, -0.15) is 0 Å². The van der Waals surface area contributed by atoms with E-state index in [9.17, 15) is 0 Å². The molecule has 0 aromatic heterocycles. The molecule has 0 amide bonds. The van der Waals surface area contributed by atoms with Gasteiger partial charge in [0.1, 0.15) is 12.4 Å². The lowest BCUT2D eigenvalue weighted by molar-refractivity contribution is 0.0889.